The number of rotatable bonds is 3. The lowest BCUT2D eigenvalue weighted by molar-refractivity contribution is -0.137. The number of hydrogen-bond acceptors (Lipinski definition) is 3. The van der Waals surface area contributed by atoms with Crippen molar-refractivity contribution in [2.45, 2.75) is 20.3 Å². The van der Waals surface area contributed by atoms with Crippen molar-refractivity contribution in [3.05, 3.63) is 48.0 Å². The lowest BCUT2D eigenvalue weighted by Gasteiger charge is -2.09. The fourth-order valence-corrected chi connectivity index (χ4v) is 2.37. The van der Waals surface area contributed by atoms with E-state index in [0.29, 0.717) is 12.2 Å². The molecule has 0 unspecified atom stereocenters. The number of fused-ring (bicyclic) bond motifs is 1. The Kier molecular flexibility index (Phi) is 3.67. The molecule has 0 aliphatic carbocycles. The molecule has 1 aliphatic heterocycles. The van der Waals surface area contributed by atoms with Crippen molar-refractivity contribution in [2.24, 2.45) is 5.92 Å². The van der Waals surface area contributed by atoms with Gasteiger partial charge >= 0.3 is 5.97 Å². The second-order valence-electron chi connectivity index (χ2n) is 5.70. The van der Waals surface area contributed by atoms with Crippen LogP contribution in [-0.2, 0) is 16.0 Å². The van der Waals surface area contributed by atoms with Gasteiger partial charge < -0.3 is 10.1 Å². The van der Waals surface area contributed by atoms with Crippen molar-refractivity contribution < 1.29 is 14.3 Å². The van der Waals surface area contributed by atoms with Crippen molar-refractivity contribution in [1.82, 2.24) is 0 Å². The Balaban J connectivity index is 1.88. The molecular weight excluding hydrogens is 278 g/mol. The molecule has 4 nitrogen and oxygen atoms in total. The third-order valence-electron chi connectivity index (χ3n) is 3.59. The van der Waals surface area contributed by atoms with Gasteiger partial charge in [0, 0.05) is 5.69 Å². The third-order valence-corrected chi connectivity index (χ3v) is 3.59. The molecular formula is C18H17NO3. The molecule has 0 saturated heterocycles. The standard InChI is InChI=1S/C18H17NO3/c1-11(2)18(21)22-15-5-3-4-12(8-15)13-6-7-14-10-17(20)19-16(14)9-13/h3-9,11H,10H2,1-2H3,(H,19,20). The van der Waals surface area contributed by atoms with Gasteiger partial charge in [-0.1, -0.05) is 38.1 Å². The molecule has 0 aromatic heterocycles. The first-order valence-corrected chi connectivity index (χ1v) is 7.28. The summed E-state index contributed by atoms with van der Waals surface area (Å²) in [5, 5.41) is 2.84. The van der Waals surface area contributed by atoms with Crippen LogP contribution in [0.4, 0.5) is 5.69 Å². The Labute approximate surface area is 129 Å². The summed E-state index contributed by atoms with van der Waals surface area (Å²) in [6, 6.07) is 13.3. The zero-order valence-electron chi connectivity index (χ0n) is 12.6. The van der Waals surface area contributed by atoms with Gasteiger partial charge in [-0.15, -0.1) is 0 Å². The number of esters is 1. The van der Waals surface area contributed by atoms with Crippen molar-refractivity contribution in [3.63, 3.8) is 0 Å². The second-order valence-corrected chi connectivity index (χ2v) is 5.70. The Morgan fingerprint density at radius 2 is 1.91 bits per heavy atom. The maximum absolute atomic E-state index is 11.7. The third kappa shape index (κ3) is 2.86. The molecule has 2 aromatic carbocycles. The van der Waals surface area contributed by atoms with Crippen molar-refractivity contribution in [2.75, 3.05) is 5.32 Å². The molecule has 1 heterocycles. The summed E-state index contributed by atoms with van der Waals surface area (Å²) in [4.78, 5) is 23.1. The minimum absolute atomic E-state index is 0.0202. The number of nitrogens with one attached hydrogen (secondary N) is 1. The Morgan fingerprint density at radius 1 is 1.14 bits per heavy atom. The first kappa shape index (κ1) is 14.3. The fraction of sp³-hybridized carbons (Fsp3) is 0.222. The molecule has 0 atom stereocenters. The maximum Gasteiger partial charge on any atom is 0.313 e. The van der Waals surface area contributed by atoms with E-state index in [1.807, 2.05) is 36.4 Å². The lowest BCUT2D eigenvalue weighted by Crippen LogP contribution is -2.14. The van der Waals surface area contributed by atoms with Gasteiger partial charge in [-0.05, 0) is 34.9 Å². The fourth-order valence-electron chi connectivity index (χ4n) is 2.37. The van der Waals surface area contributed by atoms with Gasteiger partial charge in [0.25, 0.3) is 0 Å². The quantitative estimate of drug-likeness (QED) is 0.697. The van der Waals surface area contributed by atoms with Crippen LogP contribution in [0.25, 0.3) is 11.1 Å². The monoisotopic (exact) mass is 295 g/mol. The summed E-state index contributed by atoms with van der Waals surface area (Å²) in [5.74, 6) is 0.129. The average molecular weight is 295 g/mol. The molecule has 0 spiro atoms. The van der Waals surface area contributed by atoms with Gasteiger partial charge in [-0.3, -0.25) is 9.59 Å². The van der Waals surface area contributed by atoms with E-state index in [2.05, 4.69) is 5.32 Å². The molecule has 0 fully saturated rings. The van der Waals surface area contributed by atoms with E-state index in [1.165, 1.54) is 0 Å². The maximum atomic E-state index is 11.7. The Hall–Kier alpha value is -2.62. The number of carbonyl (C=O) groups is 2. The van der Waals surface area contributed by atoms with Crippen molar-refractivity contribution >= 4 is 17.6 Å². The highest BCUT2D eigenvalue weighted by Gasteiger charge is 2.18. The molecule has 1 aliphatic rings. The molecule has 0 bridgehead atoms. The van der Waals surface area contributed by atoms with Crippen LogP contribution in [0, 0.1) is 5.92 Å². The number of amides is 1. The predicted octanol–water partition coefficient (Wildman–Crippen LogP) is 3.41. The highest BCUT2D eigenvalue weighted by Crippen LogP contribution is 2.31. The van der Waals surface area contributed by atoms with Crippen LogP contribution in [0.15, 0.2) is 42.5 Å². The predicted molar refractivity (Wildman–Crippen MR) is 84.7 cm³/mol. The number of ether oxygens (including phenoxy) is 1. The van der Waals surface area contributed by atoms with Gasteiger partial charge in [-0.25, -0.2) is 0 Å². The van der Waals surface area contributed by atoms with E-state index < -0.39 is 0 Å². The Bertz CT molecular complexity index is 750. The largest absolute Gasteiger partial charge is 0.426 e. The molecule has 2 aromatic rings. The summed E-state index contributed by atoms with van der Waals surface area (Å²) in [7, 11) is 0. The van der Waals surface area contributed by atoms with Crippen LogP contribution in [-0.4, -0.2) is 11.9 Å². The van der Waals surface area contributed by atoms with Gasteiger partial charge in [0.1, 0.15) is 5.75 Å². The van der Waals surface area contributed by atoms with Crippen molar-refractivity contribution in [1.29, 1.82) is 0 Å². The van der Waals surface area contributed by atoms with Gasteiger partial charge in [0.2, 0.25) is 5.91 Å². The van der Waals surface area contributed by atoms with Gasteiger partial charge in [0.05, 0.1) is 12.3 Å². The molecule has 3 rings (SSSR count). The number of anilines is 1. The summed E-state index contributed by atoms with van der Waals surface area (Å²) >= 11 is 0. The highest BCUT2D eigenvalue weighted by molar-refractivity contribution is 6.00. The molecule has 22 heavy (non-hydrogen) atoms. The summed E-state index contributed by atoms with van der Waals surface area (Å²) in [6.07, 6.45) is 0.432. The van der Waals surface area contributed by atoms with Crippen LogP contribution < -0.4 is 10.1 Å². The van der Waals surface area contributed by atoms with Crippen LogP contribution >= 0.6 is 0 Å². The van der Waals surface area contributed by atoms with E-state index in [4.69, 9.17) is 4.74 Å². The van der Waals surface area contributed by atoms with E-state index >= 15 is 0 Å². The van der Waals surface area contributed by atoms with Crippen molar-refractivity contribution in [3.8, 4) is 16.9 Å². The van der Waals surface area contributed by atoms with Crippen LogP contribution in [0.3, 0.4) is 0 Å². The van der Waals surface area contributed by atoms with E-state index in [1.54, 1.807) is 19.9 Å². The van der Waals surface area contributed by atoms with Crippen LogP contribution in [0.2, 0.25) is 0 Å². The van der Waals surface area contributed by atoms with E-state index in [-0.39, 0.29) is 17.8 Å². The SMILES string of the molecule is CC(C)C(=O)Oc1cccc(-c2ccc3c(c2)NC(=O)C3)c1. The number of carbonyl (C=O) groups excluding carboxylic acids is 2. The first-order chi connectivity index (χ1) is 10.5. The summed E-state index contributed by atoms with van der Waals surface area (Å²) in [5.41, 5.74) is 3.78. The first-order valence-electron chi connectivity index (χ1n) is 7.28. The summed E-state index contributed by atoms with van der Waals surface area (Å²) < 4.78 is 5.34. The highest BCUT2D eigenvalue weighted by atomic mass is 16.5. The minimum Gasteiger partial charge on any atom is -0.426 e. The van der Waals surface area contributed by atoms with Crippen LogP contribution in [0.1, 0.15) is 19.4 Å². The van der Waals surface area contributed by atoms with Crippen LogP contribution in [0.5, 0.6) is 5.75 Å². The van der Waals surface area contributed by atoms with Gasteiger partial charge in [0.15, 0.2) is 0 Å². The number of hydrogen-bond donors (Lipinski definition) is 1. The lowest BCUT2D eigenvalue weighted by atomic mass is 10.0. The second kappa shape index (κ2) is 5.64. The topological polar surface area (TPSA) is 55.4 Å². The molecule has 0 saturated carbocycles. The Morgan fingerprint density at radius 3 is 2.68 bits per heavy atom. The molecule has 112 valence electrons. The zero-order chi connectivity index (χ0) is 15.7. The summed E-state index contributed by atoms with van der Waals surface area (Å²) in [6.45, 7) is 3.60. The van der Waals surface area contributed by atoms with Gasteiger partial charge in [-0.2, -0.15) is 0 Å². The smallest absolute Gasteiger partial charge is 0.313 e. The van der Waals surface area contributed by atoms with E-state index in [9.17, 15) is 9.59 Å². The molecule has 4 heteroatoms. The molecule has 0 radical (unpaired) electrons. The minimum atomic E-state index is -0.252. The normalized spacial score (nSPS) is 13.0. The number of benzene rings is 2. The average Bonchev–Trinajstić information content (AvgIpc) is 2.86. The van der Waals surface area contributed by atoms with E-state index in [0.717, 1.165) is 22.4 Å². The molecule has 1 N–H and O–H groups in total. The zero-order valence-corrected chi connectivity index (χ0v) is 12.6. The molecule has 1 amide bonds.